The Labute approximate surface area is 347 Å². The molecule has 0 saturated heterocycles. The van der Waals surface area contributed by atoms with Crippen LogP contribution in [0.1, 0.15) is 5.56 Å². The molecule has 0 saturated carbocycles. The van der Waals surface area contributed by atoms with Crippen molar-refractivity contribution >= 4 is 43.1 Å². The highest BCUT2D eigenvalue weighted by Crippen LogP contribution is 2.38. The Balaban J connectivity index is 1.01. The molecular weight excluding hydrogens is 729 g/mol. The monoisotopic (exact) mass is 762 g/mol. The summed E-state index contributed by atoms with van der Waals surface area (Å²) in [4.78, 5) is 15.4. The number of nitrogens with zero attached hydrogens (tertiary/aromatic N) is 4. The molecule has 11 aromatic rings. The summed E-state index contributed by atoms with van der Waals surface area (Å²) in [6, 6.07) is 74.0. The molecule has 0 atom stereocenters. The van der Waals surface area contributed by atoms with Crippen LogP contribution >= 0.6 is 0 Å². The highest BCUT2D eigenvalue weighted by molar-refractivity contribution is 6.12. The zero-order valence-corrected chi connectivity index (χ0v) is 32.4. The number of nitriles is 1. The predicted molar refractivity (Wildman–Crippen MR) is 247 cm³/mol. The first-order chi connectivity index (χ1) is 29.7. The Bertz CT molecular complexity index is 3510. The van der Waals surface area contributed by atoms with Gasteiger partial charge in [-0.25, -0.2) is 15.0 Å². The Kier molecular flexibility index (Phi) is 8.50. The van der Waals surface area contributed by atoms with Crippen molar-refractivity contribution in [1.82, 2.24) is 15.0 Å². The number of hydrogen-bond acceptors (Lipinski definition) is 4. The minimum atomic E-state index is 0.538. The van der Waals surface area contributed by atoms with Gasteiger partial charge in [0.05, 0.1) is 11.6 Å². The van der Waals surface area contributed by atoms with E-state index in [4.69, 9.17) is 15.0 Å². The first kappa shape index (κ1) is 34.9. The third-order valence-corrected chi connectivity index (χ3v) is 11.6. The maximum absolute atomic E-state index is 10.7. The lowest BCUT2D eigenvalue weighted by Crippen LogP contribution is -2.01. The van der Waals surface area contributed by atoms with Crippen molar-refractivity contribution in [2.75, 3.05) is 0 Å². The number of fused-ring (bicyclic) bond motifs is 6. The van der Waals surface area contributed by atoms with E-state index in [1.54, 1.807) is 0 Å². The van der Waals surface area contributed by atoms with Gasteiger partial charge in [0.1, 0.15) is 0 Å². The van der Waals surface area contributed by atoms with E-state index in [9.17, 15) is 5.26 Å². The van der Waals surface area contributed by atoms with Gasteiger partial charge < -0.3 is 0 Å². The highest BCUT2D eigenvalue weighted by Gasteiger charge is 2.19. The molecule has 0 bridgehead atoms. The van der Waals surface area contributed by atoms with E-state index in [1.165, 1.54) is 32.3 Å². The summed E-state index contributed by atoms with van der Waals surface area (Å²) >= 11 is 0. The minimum Gasteiger partial charge on any atom is -0.208 e. The van der Waals surface area contributed by atoms with Crippen LogP contribution in [0.25, 0.3) is 111 Å². The lowest BCUT2D eigenvalue weighted by Gasteiger charge is -2.15. The zero-order valence-electron chi connectivity index (χ0n) is 32.4. The van der Waals surface area contributed by atoms with Crippen molar-refractivity contribution in [3.63, 3.8) is 0 Å². The largest absolute Gasteiger partial charge is 0.208 e. The highest BCUT2D eigenvalue weighted by atomic mass is 15.0. The summed E-state index contributed by atoms with van der Waals surface area (Å²) in [6.07, 6.45) is 0. The van der Waals surface area contributed by atoms with Crippen LogP contribution < -0.4 is 0 Å². The number of aromatic nitrogens is 3. The van der Waals surface area contributed by atoms with Gasteiger partial charge in [-0.1, -0.05) is 188 Å². The smallest absolute Gasteiger partial charge is 0.164 e. The first-order valence-electron chi connectivity index (χ1n) is 20.1. The van der Waals surface area contributed by atoms with Gasteiger partial charge in [0, 0.05) is 22.3 Å². The summed E-state index contributed by atoms with van der Waals surface area (Å²) in [7, 11) is 0. The van der Waals surface area contributed by atoms with E-state index in [0.717, 1.165) is 60.8 Å². The van der Waals surface area contributed by atoms with Gasteiger partial charge in [0.2, 0.25) is 0 Å². The molecule has 4 heteroatoms. The molecule has 1 heterocycles. The fourth-order valence-corrected chi connectivity index (χ4v) is 8.59. The fraction of sp³-hybridized carbons (Fsp3) is 0. The molecule has 0 aliphatic heterocycles. The number of benzene rings is 10. The van der Waals surface area contributed by atoms with Crippen molar-refractivity contribution in [3.05, 3.63) is 212 Å². The predicted octanol–water partition coefficient (Wildman–Crippen LogP) is 14.4. The molecule has 0 aliphatic carbocycles. The van der Waals surface area contributed by atoms with Crippen molar-refractivity contribution in [2.45, 2.75) is 0 Å². The van der Waals surface area contributed by atoms with Crippen LogP contribution in [0.4, 0.5) is 0 Å². The van der Waals surface area contributed by atoms with Gasteiger partial charge in [-0.15, -0.1) is 0 Å². The molecule has 0 spiro atoms. The summed E-state index contributed by atoms with van der Waals surface area (Å²) < 4.78 is 0. The molecule has 0 fully saturated rings. The fourth-order valence-electron chi connectivity index (χ4n) is 8.59. The van der Waals surface area contributed by atoms with Crippen LogP contribution in [-0.4, -0.2) is 15.0 Å². The second kappa shape index (κ2) is 14.6. The molecule has 0 amide bonds. The standard InChI is InChI=1S/C56H34N4/c57-35-44-33-42(40-16-10-17-41(32-40)43-27-26-38-25-24-36-12-5-7-19-46(36)53(38)34-43)29-30-47(44)49-20-8-9-21-51(49)55-58-54(39-14-2-1-3-15-39)59-56(60-55)52-23-11-22-48-45-18-6-4-13-37(45)28-31-50(48)52/h1-34H. The molecule has 11 rings (SSSR count). The lowest BCUT2D eigenvalue weighted by molar-refractivity contribution is 1.08. The van der Waals surface area contributed by atoms with E-state index in [0.29, 0.717) is 23.0 Å². The Hall–Kier alpha value is -8.26. The van der Waals surface area contributed by atoms with Gasteiger partial charge in [-0.2, -0.15) is 5.26 Å². The summed E-state index contributed by atoms with van der Waals surface area (Å²) in [5.41, 5.74) is 9.18. The average molecular weight is 763 g/mol. The van der Waals surface area contributed by atoms with Crippen LogP contribution in [0.3, 0.4) is 0 Å². The molecule has 0 aliphatic rings. The SMILES string of the molecule is N#Cc1cc(-c2cccc(-c3ccc4ccc5ccccc5c4c3)c2)ccc1-c1ccccc1-c1nc(-c2ccccc2)nc(-c2cccc3c2ccc2ccccc23)n1. The molecule has 278 valence electrons. The van der Waals surface area contributed by atoms with Crippen LogP contribution in [0.5, 0.6) is 0 Å². The van der Waals surface area contributed by atoms with Crippen molar-refractivity contribution < 1.29 is 0 Å². The molecule has 4 nitrogen and oxygen atoms in total. The normalized spacial score (nSPS) is 11.3. The summed E-state index contributed by atoms with van der Waals surface area (Å²) in [5, 5.41) is 20.2. The Morgan fingerprint density at radius 3 is 1.55 bits per heavy atom. The van der Waals surface area contributed by atoms with Gasteiger partial charge in [0.15, 0.2) is 17.5 Å². The molecule has 10 aromatic carbocycles. The molecule has 0 N–H and O–H groups in total. The van der Waals surface area contributed by atoms with Gasteiger partial charge in [0.25, 0.3) is 0 Å². The third kappa shape index (κ3) is 6.14. The van der Waals surface area contributed by atoms with Crippen molar-refractivity contribution in [1.29, 1.82) is 5.26 Å². The maximum atomic E-state index is 10.7. The minimum absolute atomic E-state index is 0.538. The van der Waals surface area contributed by atoms with E-state index < -0.39 is 0 Å². The van der Waals surface area contributed by atoms with Crippen LogP contribution in [0, 0.1) is 11.3 Å². The van der Waals surface area contributed by atoms with E-state index >= 15 is 0 Å². The molecule has 1 aromatic heterocycles. The second-order valence-electron chi connectivity index (χ2n) is 15.1. The van der Waals surface area contributed by atoms with Gasteiger partial charge >= 0.3 is 0 Å². The lowest BCUT2D eigenvalue weighted by atomic mass is 9.91. The van der Waals surface area contributed by atoms with Gasteiger partial charge in [-0.3, -0.25) is 0 Å². The number of rotatable bonds is 6. The van der Waals surface area contributed by atoms with Crippen LogP contribution in [0.2, 0.25) is 0 Å². The Morgan fingerprint density at radius 2 is 0.783 bits per heavy atom. The molecular formula is C56H34N4. The maximum Gasteiger partial charge on any atom is 0.164 e. The summed E-state index contributed by atoms with van der Waals surface area (Å²) in [6.45, 7) is 0. The van der Waals surface area contributed by atoms with Gasteiger partial charge in [-0.05, 0) is 89.1 Å². The Morgan fingerprint density at radius 1 is 0.283 bits per heavy atom. The second-order valence-corrected chi connectivity index (χ2v) is 15.1. The molecule has 0 unspecified atom stereocenters. The van der Waals surface area contributed by atoms with E-state index in [-0.39, 0.29) is 0 Å². The van der Waals surface area contributed by atoms with Crippen molar-refractivity contribution in [3.8, 4) is 73.6 Å². The third-order valence-electron chi connectivity index (χ3n) is 11.6. The average Bonchev–Trinajstić information content (AvgIpc) is 3.33. The van der Waals surface area contributed by atoms with Crippen LogP contribution in [-0.2, 0) is 0 Å². The van der Waals surface area contributed by atoms with E-state index in [1.807, 2.05) is 60.7 Å². The summed E-state index contributed by atoms with van der Waals surface area (Å²) in [5.74, 6) is 1.71. The molecule has 0 radical (unpaired) electrons. The molecule has 60 heavy (non-hydrogen) atoms. The van der Waals surface area contributed by atoms with Crippen molar-refractivity contribution in [2.24, 2.45) is 0 Å². The van der Waals surface area contributed by atoms with Crippen LogP contribution in [0.15, 0.2) is 206 Å². The first-order valence-corrected chi connectivity index (χ1v) is 20.1. The zero-order chi connectivity index (χ0) is 40.0. The van der Waals surface area contributed by atoms with E-state index in [2.05, 4.69) is 152 Å². The number of hydrogen-bond donors (Lipinski definition) is 0. The quantitative estimate of drug-likeness (QED) is 0.158. The topological polar surface area (TPSA) is 62.5 Å².